The fraction of sp³-hybridized carbons (Fsp3) is 0.500. The maximum atomic E-state index is 11.6. The summed E-state index contributed by atoms with van der Waals surface area (Å²) in [5.41, 5.74) is 0.571. The standard InChI is InChI=1S/C16H23N3O6/c1-3-24-15(20)11-18(12-16(21)25-4-2)9-8-17-13-6-5-7-14(10-13)19(22)23/h5-7,10,17H,3-4,8-9,11-12H2,1-2H3. The zero-order valence-electron chi connectivity index (χ0n) is 14.4. The van der Waals surface area contributed by atoms with Crippen LogP contribution < -0.4 is 5.32 Å². The molecule has 0 saturated carbocycles. The number of esters is 2. The molecule has 0 unspecified atom stereocenters. The SMILES string of the molecule is CCOC(=O)CN(CCNc1cccc([N+](=O)[O-])c1)CC(=O)OCC. The molecule has 138 valence electrons. The Hall–Kier alpha value is -2.68. The second-order valence-corrected chi connectivity index (χ2v) is 5.05. The van der Waals surface area contributed by atoms with E-state index >= 15 is 0 Å². The molecule has 0 fully saturated rings. The Morgan fingerprint density at radius 1 is 1.16 bits per heavy atom. The topological polar surface area (TPSA) is 111 Å². The maximum Gasteiger partial charge on any atom is 0.320 e. The molecule has 9 heteroatoms. The Labute approximate surface area is 146 Å². The molecule has 0 aromatic heterocycles. The molecule has 1 N–H and O–H groups in total. The lowest BCUT2D eigenvalue weighted by atomic mass is 10.3. The van der Waals surface area contributed by atoms with Crippen LogP contribution >= 0.6 is 0 Å². The quantitative estimate of drug-likeness (QED) is 0.361. The van der Waals surface area contributed by atoms with E-state index in [0.29, 0.717) is 18.8 Å². The second-order valence-electron chi connectivity index (χ2n) is 5.05. The zero-order chi connectivity index (χ0) is 18.7. The Morgan fingerprint density at radius 2 is 1.76 bits per heavy atom. The number of hydrogen-bond acceptors (Lipinski definition) is 8. The van der Waals surface area contributed by atoms with Gasteiger partial charge in [0.05, 0.1) is 31.2 Å². The molecule has 1 aromatic carbocycles. The number of carbonyl (C=O) groups excluding carboxylic acids is 2. The van der Waals surface area contributed by atoms with Crippen LogP contribution in [0.15, 0.2) is 24.3 Å². The summed E-state index contributed by atoms with van der Waals surface area (Å²) in [6.07, 6.45) is 0. The van der Waals surface area contributed by atoms with Gasteiger partial charge in [0.25, 0.3) is 5.69 Å². The van der Waals surface area contributed by atoms with Crippen molar-refractivity contribution in [1.29, 1.82) is 0 Å². The average molecular weight is 353 g/mol. The number of nitrogens with one attached hydrogen (secondary N) is 1. The van der Waals surface area contributed by atoms with Gasteiger partial charge in [-0.1, -0.05) is 6.07 Å². The summed E-state index contributed by atoms with van der Waals surface area (Å²) in [6.45, 7) is 4.61. The normalized spacial score (nSPS) is 10.4. The van der Waals surface area contributed by atoms with Gasteiger partial charge in [0, 0.05) is 30.9 Å². The number of benzene rings is 1. The maximum absolute atomic E-state index is 11.6. The van der Waals surface area contributed by atoms with Crippen molar-refractivity contribution in [1.82, 2.24) is 4.90 Å². The summed E-state index contributed by atoms with van der Waals surface area (Å²) in [6, 6.07) is 6.10. The Morgan fingerprint density at radius 3 is 2.28 bits per heavy atom. The molecule has 1 aromatic rings. The minimum Gasteiger partial charge on any atom is -0.465 e. The molecule has 0 saturated heterocycles. The third-order valence-electron chi connectivity index (χ3n) is 3.13. The van der Waals surface area contributed by atoms with E-state index in [4.69, 9.17) is 9.47 Å². The lowest BCUT2D eigenvalue weighted by molar-refractivity contribution is -0.384. The summed E-state index contributed by atoms with van der Waals surface area (Å²) in [5, 5.41) is 13.8. The number of carbonyl (C=O) groups is 2. The number of anilines is 1. The van der Waals surface area contributed by atoms with Crippen molar-refractivity contribution in [3.05, 3.63) is 34.4 Å². The van der Waals surface area contributed by atoms with E-state index in [-0.39, 0.29) is 32.0 Å². The van der Waals surface area contributed by atoms with Crippen LogP contribution in [0.3, 0.4) is 0 Å². The third-order valence-corrected chi connectivity index (χ3v) is 3.13. The molecule has 9 nitrogen and oxygen atoms in total. The number of non-ortho nitro benzene ring substituents is 1. The van der Waals surface area contributed by atoms with Gasteiger partial charge in [-0.3, -0.25) is 24.6 Å². The first-order valence-electron chi connectivity index (χ1n) is 7.98. The first-order valence-corrected chi connectivity index (χ1v) is 7.98. The summed E-state index contributed by atoms with van der Waals surface area (Å²) in [7, 11) is 0. The summed E-state index contributed by atoms with van der Waals surface area (Å²) in [5.74, 6) is -0.857. The monoisotopic (exact) mass is 353 g/mol. The van der Waals surface area contributed by atoms with Crippen molar-refractivity contribution in [3.63, 3.8) is 0 Å². The van der Waals surface area contributed by atoms with Crippen molar-refractivity contribution >= 4 is 23.3 Å². The molecule has 0 radical (unpaired) electrons. The molecule has 1 rings (SSSR count). The highest BCUT2D eigenvalue weighted by molar-refractivity contribution is 5.75. The molecule has 25 heavy (non-hydrogen) atoms. The number of nitro benzene ring substituents is 1. The molecule has 0 heterocycles. The first kappa shape index (κ1) is 20.4. The van der Waals surface area contributed by atoms with Crippen LogP contribution in [0.1, 0.15) is 13.8 Å². The fourth-order valence-electron chi connectivity index (χ4n) is 2.08. The van der Waals surface area contributed by atoms with Crippen LogP contribution in [0, 0.1) is 10.1 Å². The van der Waals surface area contributed by atoms with Crippen molar-refractivity contribution in [3.8, 4) is 0 Å². The van der Waals surface area contributed by atoms with E-state index in [9.17, 15) is 19.7 Å². The average Bonchev–Trinajstić information content (AvgIpc) is 2.55. The van der Waals surface area contributed by atoms with Gasteiger partial charge in [-0.15, -0.1) is 0 Å². The van der Waals surface area contributed by atoms with Gasteiger partial charge in [-0.25, -0.2) is 0 Å². The lowest BCUT2D eigenvalue weighted by Gasteiger charge is -2.20. The van der Waals surface area contributed by atoms with E-state index in [1.807, 2.05) is 0 Å². The fourth-order valence-corrected chi connectivity index (χ4v) is 2.08. The Bertz CT molecular complexity index is 573. The summed E-state index contributed by atoms with van der Waals surface area (Å²) < 4.78 is 9.79. The minimum absolute atomic E-state index is 0.0140. The molecular formula is C16H23N3O6. The van der Waals surface area contributed by atoms with Crippen LogP contribution in [-0.4, -0.2) is 61.2 Å². The molecular weight excluding hydrogens is 330 g/mol. The van der Waals surface area contributed by atoms with Crippen LogP contribution in [-0.2, 0) is 19.1 Å². The summed E-state index contributed by atoms with van der Waals surface area (Å²) >= 11 is 0. The van der Waals surface area contributed by atoms with Crippen LogP contribution in [0.4, 0.5) is 11.4 Å². The van der Waals surface area contributed by atoms with Gasteiger partial charge in [-0.05, 0) is 19.9 Å². The zero-order valence-corrected chi connectivity index (χ0v) is 14.4. The predicted octanol–water partition coefficient (Wildman–Crippen LogP) is 1.43. The van der Waals surface area contributed by atoms with Gasteiger partial charge >= 0.3 is 11.9 Å². The number of hydrogen-bond donors (Lipinski definition) is 1. The van der Waals surface area contributed by atoms with E-state index in [2.05, 4.69) is 5.32 Å². The highest BCUT2D eigenvalue weighted by Crippen LogP contribution is 2.16. The van der Waals surface area contributed by atoms with E-state index in [1.165, 1.54) is 12.1 Å². The number of nitro groups is 1. The van der Waals surface area contributed by atoms with Gasteiger partial charge in [0.2, 0.25) is 0 Å². The Kier molecular flexibility index (Phi) is 8.94. The number of ether oxygens (including phenoxy) is 2. The van der Waals surface area contributed by atoms with Crippen LogP contribution in [0.5, 0.6) is 0 Å². The van der Waals surface area contributed by atoms with Crippen LogP contribution in [0.2, 0.25) is 0 Å². The molecule has 0 aliphatic carbocycles. The van der Waals surface area contributed by atoms with Crippen molar-refractivity contribution < 1.29 is 24.0 Å². The second kappa shape index (κ2) is 11.0. The van der Waals surface area contributed by atoms with E-state index < -0.39 is 16.9 Å². The van der Waals surface area contributed by atoms with Gasteiger partial charge in [0.15, 0.2) is 0 Å². The predicted molar refractivity (Wildman–Crippen MR) is 91.3 cm³/mol. The van der Waals surface area contributed by atoms with Crippen molar-refractivity contribution in [2.24, 2.45) is 0 Å². The van der Waals surface area contributed by atoms with Crippen LogP contribution in [0.25, 0.3) is 0 Å². The molecule has 0 aliphatic heterocycles. The van der Waals surface area contributed by atoms with Crippen molar-refractivity contribution in [2.75, 3.05) is 44.7 Å². The number of rotatable bonds is 11. The van der Waals surface area contributed by atoms with Crippen molar-refractivity contribution in [2.45, 2.75) is 13.8 Å². The first-order chi connectivity index (χ1) is 12.0. The highest BCUT2D eigenvalue weighted by atomic mass is 16.6. The summed E-state index contributed by atoms with van der Waals surface area (Å²) in [4.78, 5) is 35.2. The Balaban J connectivity index is 2.58. The van der Waals surface area contributed by atoms with Gasteiger partial charge < -0.3 is 14.8 Å². The molecule has 0 aliphatic rings. The lowest BCUT2D eigenvalue weighted by Crippen LogP contribution is -2.39. The smallest absolute Gasteiger partial charge is 0.320 e. The molecule has 0 atom stereocenters. The molecule has 0 spiro atoms. The van der Waals surface area contributed by atoms with Gasteiger partial charge in [0.1, 0.15) is 0 Å². The largest absolute Gasteiger partial charge is 0.465 e. The van der Waals surface area contributed by atoms with Gasteiger partial charge in [-0.2, -0.15) is 0 Å². The van der Waals surface area contributed by atoms with E-state index in [1.54, 1.807) is 30.9 Å². The minimum atomic E-state index is -0.473. The molecule has 0 bridgehead atoms. The highest BCUT2D eigenvalue weighted by Gasteiger charge is 2.16. The van der Waals surface area contributed by atoms with E-state index in [0.717, 1.165) is 0 Å². The molecule has 0 amide bonds. The third kappa shape index (κ3) is 8.11. The number of nitrogens with zero attached hydrogens (tertiary/aromatic N) is 2.